The Bertz CT molecular complexity index is 877. The fourth-order valence-electron chi connectivity index (χ4n) is 3.35. The summed E-state index contributed by atoms with van der Waals surface area (Å²) in [5.41, 5.74) is 7.04. The molecule has 1 aliphatic rings. The molecule has 0 fully saturated rings. The lowest BCUT2D eigenvalue weighted by atomic mass is 10.0. The minimum atomic E-state index is 0.707. The molecule has 0 bridgehead atoms. The van der Waals surface area contributed by atoms with Crippen LogP contribution >= 0.6 is 22.9 Å². The van der Waals surface area contributed by atoms with Crippen molar-refractivity contribution in [1.82, 2.24) is 9.88 Å². The van der Waals surface area contributed by atoms with Crippen molar-refractivity contribution in [2.75, 3.05) is 20.2 Å². The first-order valence-electron chi connectivity index (χ1n) is 8.13. The number of thiazole rings is 1. The molecule has 1 aliphatic heterocycles. The van der Waals surface area contributed by atoms with E-state index in [1.54, 1.807) is 18.4 Å². The number of hydrogen-bond acceptors (Lipinski definition) is 4. The highest BCUT2D eigenvalue weighted by atomic mass is 35.5. The Kier molecular flexibility index (Phi) is 4.44. The Morgan fingerprint density at radius 2 is 1.96 bits per heavy atom. The van der Waals surface area contributed by atoms with Crippen molar-refractivity contribution >= 4 is 33.2 Å². The molecule has 0 N–H and O–H groups in total. The van der Waals surface area contributed by atoms with Crippen molar-refractivity contribution < 1.29 is 4.74 Å². The van der Waals surface area contributed by atoms with Gasteiger partial charge in [0.1, 0.15) is 5.75 Å². The highest BCUT2D eigenvalue weighted by molar-refractivity contribution is 7.16. The maximum absolute atomic E-state index is 6.28. The first-order chi connectivity index (χ1) is 11.7. The van der Waals surface area contributed by atoms with Gasteiger partial charge in [-0.25, -0.2) is 4.98 Å². The first-order valence-corrected chi connectivity index (χ1v) is 9.38. The molecule has 5 heteroatoms. The van der Waals surface area contributed by atoms with Crippen molar-refractivity contribution in [2.24, 2.45) is 0 Å². The SMILES string of the molecule is COc1cc2c(cc1Cl)CCN(Cc1ccc3scnc3c1)CC2. The van der Waals surface area contributed by atoms with Gasteiger partial charge in [0.25, 0.3) is 0 Å². The number of methoxy groups -OCH3 is 1. The molecule has 4 rings (SSSR count). The van der Waals surface area contributed by atoms with E-state index >= 15 is 0 Å². The van der Waals surface area contributed by atoms with Gasteiger partial charge in [-0.05, 0) is 53.8 Å². The van der Waals surface area contributed by atoms with Gasteiger partial charge in [-0.2, -0.15) is 0 Å². The standard InChI is InChI=1S/C19H19ClN2OS/c1-23-18-10-15-5-7-22(6-4-14(15)9-16(18)20)11-13-2-3-19-17(8-13)21-12-24-19/h2-3,8-10,12H,4-7,11H2,1H3. The molecule has 0 saturated carbocycles. The van der Waals surface area contributed by atoms with Gasteiger partial charge in [-0.3, -0.25) is 4.90 Å². The summed E-state index contributed by atoms with van der Waals surface area (Å²) in [7, 11) is 1.67. The van der Waals surface area contributed by atoms with Gasteiger partial charge in [-0.1, -0.05) is 17.7 Å². The summed E-state index contributed by atoms with van der Waals surface area (Å²) >= 11 is 7.97. The average molecular weight is 359 g/mol. The van der Waals surface area contributed by atoms with E-state index in [0.29, 0.717) is 5.02 Å². The highest BCUT2D eigenvalue weighted by Gasteiger charge is 2.17. The second kappa shape index (κ2) is 6.71. The maximum Gasteiger partial charge on any atom is 0.137 e. The van der Waals surface area contributed by atoms with E-state index in [1.165, 1.54) is 21.4 Å². The lowest BCUT2D eigenvalue weighted by Crippen LogP contribution is -2.25. The minimum absolute atomic E-state index is 0.707. The van der Waals surface area contributed by atoms with Gasteiger partial charge >= 0.3 is 0 Å². The molecule has 2 heterocycles. The Balaban J connectivity index is 1.50. The Morgan fingerprint density at radius 1 is 1.17 bits per heavy atom. The average Bonchev–Trinajstić information content (AvgIpc) is 2.97. The Morgan fingerprint density at radius 3 is 2.75 bits per heavy atom. The zero-order valence-electron chi connectivity index (χ0n) is 13.6. The quantitative estimate of drug-likeness (QED) is 0.686. The molecule has 0 spiro atoms. The molecule has 0 atom stereocenters. The molecule has 3 nitrogen and oxygen atoms in total. The second-order valence-electron chi connectivity index (χ2n) is 6.19. The predicted octanol–water partition coefficient (Wildman–Crippen LogP) is 4.56. The van der Waals surface area contributed by atoms with Crippen molar-refractivity contribution in [3.8, 4) is 5.75 Å². The monoisotopic (exact) mass is 358 g/mol. The van der Waals surface area contributed by atoms with Crippen molar-refractivity contribution in [3.05, 3.63) is 57.6 Å². The van der Waals surface area contributed by atoms with E-state index in [0.717, 1.165) is 43.7 Å². The number of nitrogens with zero attached hydrogens (tertiary/aromatic N) is 2. The molecule has 0 amide bonds. The van der Waals surface area contributed by atoms with Gasteiger partial charge in [0.15, 0.2) is 0 Å². The lowest BCUT2D eigenvalue weighted by Gasteiger charge is -2.19. The van der Waals surface area contributed by atoms with E-state index in [2.05, 4.69) is 40.2 Å². The number of ether oxygens (including phenoxy) is 1. The lowest BCUT2D eigenvalue weighted by molar-refractivity contribution is 0.279. The third kappa shape index (κ3) is 3.14. The molecule has 0 radical (unpaired) electrons. The molecule has 1 aromatic heterocycles. The van der Waals surface area contributed by atoms with Gasteiger partial charge in [0.2, 0.25) is 0 Å². The van der Waals surface area contributed by atoms with Crippen LogP contribution < -0.4 is 4.74 Å². The summed E-state index contributed by atoms with van der Waals surface area (Å²) in [4.78, 5) is 6.93. The summed E-state index contributed by atoms with van der Waals surface area (Å²) in [6.45, 7) is 3.06. The van der Waals surface area contributed by atoms with Crippen LogP contribution in [0.4, 0.5) is 0 Å². The number of halogens is 1. The molecule has 24 heavy (non-hydrogen) atoms. The van der Waals surface area contributed by atoms with Crippen LogP contribution in [0.1, 0.15) is 16.7 Å². The van der Waals surface area contributed by atoms with Crippen LogP contribution in [0.5, 0.6) is 5.75 Å². The Hall–Kier alpha value is -1.62. The molecule has 3 aromatic rings. The van der Waals surface area contributed by atoms with Crippen LogP contribution in [-0.4, -0.2) is 30.1 Å². The highest BCUT2D eigenvalue weighted by Crippen LogP contribution is 2.30. The van der Waals surface area contributed by atoms with E-state index in [4.69, 9.17) is 16.3 Å². The van der Waals surface area contributed by atoms with E-state index in [9.17, 15) is 0 Å². The number of fused-ring (bicyclic) bond motifs is 2. The molecular formula is C19H19ClN2OS. The number of hydrogen-bond donors (Lipinski definition) is 0. The molecular weight excluding hydrogens is 340 g/mol. The fourth-order valence-corrected chi connectivity index (χ4v) is 4.27. The van der Waals surface area contributed by atoms with Gasteiger partial charge in [0, 0.05) is 19.6 Å². The minimum Gasteiger partial charge on any atom is -0.495 e. The number of benzene rings is 2. The summed E-state index contributed by atoms with van der Waals surface area (Å²) in [6.07, 6.45) is 2.06. The Labute approximate surface area is 150 Å². The van der Waals surface area contributed by atoms with E-state index in [-0.39, 0.29) is 0 Å². The largest absolute Gasteiger partial charge is 0.495 e. The van der Waals surface area contributed by atoms with E-state index in [1.807, 2.05) is 5.51 Å². The third-order valence-electron chi connectivity index (χ3n) is 4.67. The molecule has 0 aliphatic carbocycles. The maximum atomic E-state index is 6.28. The van der Waals surface area contributed by atoms with Crippen LogP contribution in [-0.2, 0) is 19.4 Å². The van der Waals surface area contributed by atoms with Crippen LogP contribution in [0.2, 0.25) is 5.02 Å². The molecule has 124 valence electrons. The zero-order valence-corrected chi connectivity index (χ0v) is 15.2. The smallest absolute Gasteiger partial charge is 0.137 e. The summed E-state index contributed by atoms with van der Waals surface area (Å²) in [5, 5.41) is 0.707. The summed E-state index contributed by atoms with van der Waals surface area (Å²) in [6, 6.07) is 10.8. The molecule has 2 aromatic carbocycles. The number of rotatable bonds is 3. The fraction of sp³-hybridized carbons (Fsp3) is 0.316. The normalized spacial score (nSPS) is 15.2. The van der Waals surface area contributed by atoms with Crippen LogP contribution in [0.15, 0.2) is 35.8 Å². The summed E-state index contributed by atoms with van der Waals surface area (Å²) in [5.74, 6) is 0.776. The second-order valence-corrected chi connectivity index (χ2v) is 7.48. The van der Waals surface area contributed by atoms with Crippen molar-refractivity contribution in [1.29, 1.82) is 0 Å². The topological polar surface area (TPSA) is 25.4 Å². The van der Waals surface area contributed by atoms with Crippen LogP contribution in [0, 0.1) is 0 Å². The third-order valence-corrected chi connectivity index (χ3v) is 5.78. The van der Waals surface area contributed by atoms with Gasteiger partial charge in [0.05, 0.1) is 27.9 Å². The first kappa shape index (κ1) is 15.9. The predicted molar refractivity (Wildman–Crippen MR) is 100 cm³/mol. The van der Waals surface area contributed by atoms with Crippen molar-refractivity contribution in [2.45, 2.75) is 19.4 Å². The van der Waals surface area contributed by atoms with Crippen LogP contribution in [0.3, 0.4) is 0 Å². The zero-order chi connectivity index (χ0) is 16.5. The molecule has 0 unspecified atom stereocenters. The summed E-state index contributed by atoms with van der Waals surface area (Å²) < 4.78 is 6.61. The van der Waals surface area contributed by atoms with Gasteiger partial charge in [-0.15, -0.1) is 11.3 Å². The number of aromatic nitrogens is 1. The van der Waals surface area contributed by atoms with Gasteiger partial charge < -0.3 is 4.74 Å². The van der Waals surface area contributed by atoms with E-state index < -0.39 is 0 Å². The van der Waals surface area contributed by atoms with Crippen molar-refractivity contribution in [3.63, 3.8) is 0 Å². The van der Waals surface area contributed by atoms with Crippen LogP contribution in [0.25, 0.3) is 10.2 Å². The molecule has 0 saturated heterocycles.